The van der Waals surface area contributed by atoms with E-state index in [1.165, 1.54) is 20.3 Å². The lowest BCUT2D eigenvalue weighted by Gasteiger charge is -2.16. The van der Waals surface area contributed by atoms with Gasteiger partial charge in [-0.25, -0.2) is 0 Å². The Hall–Kier alpha value is -3.33. The van der Waals surface area contributed by atoms with Gasteiger partial charge in [-0.05, 0) is 6.07 Å². The Labute approximate surface area is 131 Å². The van der Waals surface area contributed by atoms with E-state index in [1.807, 2.05) is 0 Å². The third kappa shape index (κ3) is 3.47. The molecule has 0 aliphatic carbocycles. The Morgan fingerprint density at radius 3 is 2.13 bits per heavy atom. The molecule has 0 fully saturated rings. The minimum atomic E-state index is -1.51. The van der Waals surface area contributed by atoms with Crippen molar-refractivity contribution in [3.8, 4) is 23.6 Å². The van der Waals surface area contributed by atoms with Gasteiger partial charge in [-0.2, -0.15) is 10.5 Å². The van der Waals surface area contributed by atoms with E-state index in [0.29, 0.717) is 0 Å². The second kappa shape index (κ2) is 7.61. The summed E-state index contributed by atoms with van der Waals surface area (Å²) < 4.78 is 14.5. The Morgan fingerprint density at radius 1 is 1.17 bits per heavy atom. The van der Waals surface area contributed by atoms with Crippen LogP contribution in [0.1, 0.15) is 11.5 Å². The van der Waals surface area contributed by atoms with Crippen molar-refractivity contribution in [1.29, 1.82) is 10.5 Å². The van der Waals surface area contributed by atoms with Gasteiger partial charge in [0, 0.05) is 0 Å². The zero-order valence-electron chi connectivity index (χ0n) is 12.6. The van der Waals surface area contributed by atoms with Crippen LogP contribution >= 0.6 is 0 Å². The van der Waals surface area contributed by atoms with Gasteiger partial charge in [0.25, 0.3) is 5.69 Å². The van der Waals surface area contributed by atoms with Crippen LogP contribution in [0.3, 0.4) is 0 Å². The molecular weight excluding hydrogens is 306 g/mol. The fourth-order valence-corrected chi connectivity index (χ4v) is 2.01. The van der Waals surface area contributed by atoms with E-state index in [2.05, 4.69) is 4.74 Å². The van der Waals surface area contributed by atoms with E-state index in [9.17, 15) is 20.2 Å². The third-order valence-corrected chi connectivity index (χ3v) is 3.13. The molecule has 1 aromatic rings. The summed E-state index contributed by atoms with van der Waals surface area (Å²) in [5.74, 6) is -3.64. The molecule has 1 rings (SSSR count). The number of nitro groups is 1. The molecule has 0 saturated carbocycles. The summed E-state index contributed by atoms with van der Waals surface area (Å²) in [4.78, 5) is 22.2. The number of esters is 1. The van der Waals surface area contributed by atoms with Crippen molar-refractivity contribution >= 4 is 11.7 Å². The Kier molecular flexibility index (Phi) is 5.87. The molecule has 23 heavy (non-hydrogen) atoms. The quantitative estimate of drug-likeness (QED) is 0.437. The summed E-state index contributed by atoms with van der Waals surface area (Å²) in [7, 11) is 3.68. The minimum Gasteiger partial charge on any atom is -0.493 e. The van der Waals surface area contributed by atoms with Crippen LogP contribution in [0.5, 0.6) is 11.5 Å². The standard InChI is InChI=1S/C14H13N3O6/c1-21-12-4-8(11(17(19)20)5-13(12)22-2)9(6-15)10(7-16)14(18)23-3/h4-5,9-10H,1-3H3/t9-,10+/m1/s1. The number of carbonyl (C=O) groups is 1. The molecule has 0 unspecified atom stereocenters. The van der Waals surface area contributed by atoms with E-state index in [0.717, 1.165) is 13.2 Å². The highest BCUT2D eigenvalue weighted by atomic mass is 16.6. The van der Waals surface area contributed by atoms with Gasteiger partial charge in [-0.3, -0.25) is 14.9 Å². The van der Waals surface area contributed by atoms with E-state index in [4.69, 9.17) is 14.7 Å². The van der Waals surface area contributed by atoms with E-state index < -0.39 is 28.4 Å². The number of nitrogens with zero attached hydrogens (tertiary/aromatic N) is 3. The van der Waals surface area contributed by atoms with Crippen molar-refractivity contribution in [2.24, 2.45) is 5.92 Å². The molecule has 0 spiro atoms. The molecular formula is C14H13N3O6. The van der Waals surface area contributed by atoms with Gasteiger partial charge in [0.05, 0.1) is 50.0 Å². The number of hydrogen-bond acceptors (Lipinski definition) is 8. The molecule has 0 amide bonds. The summed E-state index contributed by atoms with van der Waals surface area (Å²) in [6, 6.07) is 5.67. The van der Waals surface area contributed by atoms with E-state index in [1.54, 1.807) is 12.1 Å². The van der Waals surface area contributed by atoms with Gasteiger partial charge < -0.3 is 14.2 Å². The molecule has 120 valence electrons. The summed E-state index contributed by atoms with van der Waals surface area (Å²) in [5, 5.41) is 29.7. The number of hydrogen-bond donors (Lipinski definition) is 0. The zero-order valence-corrected chi connectivity index (χ0v) is 12.6. The zero-order chi connectivity index (χ0) is 17.6. The summed E-state index contributed by atoms with van der Waals surface area (Å²) in [6.45, 7) is 0. The third-order valence-electron chi connectivity index (χ3n) is 3.13. The predicted octanol–water partition coefficient (Wildman–Crippen LogP) is 1.53. The van der Waals surface area contributed by atoms with Crippen molar-refractivity contribution < 1.29 is 23.9 Å². The second-order valence-corrected chi connectivity index (χ2v) is 4.26. The first kappa shape index (κ1) is 17.7. The van der Waals surface area contributed by atoms with E-state index in [-0.39, 0.29) is 17.1 Å². The van der Waals surface area contributed by atoms with Crippen LogP contribution in [0.4, 0.5) is 5.69 Å². The lowest BCUT2D eigenvalue weighted by molar-refractivity contribution is -0.385. The molecule has 1 aromatic carbocycles. The van der Waals surface area contributed by atoms with Gasteiger partial charge >= 0.3 is 5.97 Å². The molecule has 9 heteroatoms. The maximum Gasteiger partial charge on any atom is 0.324 e. The van der Waals surface area contributed by atoms with Crippen LogP contribution < -0.4 is 9.47 Å². The molecule has 2 atom stereocenters. The summed E-state index contributed by atoms with van der Waals surface area (Å²) in [6.07, 6.45) is 0. The van der Waals surface area contributed by atoms with Crippen molar-refractivity contribution in [2.45, 2.75) is 5.92 Å². The highest BCUT2D eigenvalue weighted by molar-refractivity contribution is 5.78. The number of benzene rings is 1. The molecule has 0 aromatic heterocycles. The van der Waals surface area contributed by atoms with Gasteiger partial charge in [0.1, 0.15) is 5.92 Å². The number of rotatable bonds is 6. The normalized spacial score (nSPS) is 12.2. The lowest BCUT2D eigenvalue weighted by atomic mass is 9.86. The highest BCUT2D eigenvalue weighted by Gasteiger charge is 2.36. The first-order valence-electron chi connectivity index (χ1n) is 6.22. The fraction of sp³-hybridized carbons (Fsp3) is 0.357. The van der Waals surface area contributed by atoms with Crippen molar-refractivity contribution in [3.63, 3.8) is 0 Å². The molecule has 0 N–H and O–H groups in total. The van der Waals surface area contributed by atoms with E-state index >= 15 is 0 Å². The molecule has 9 nitrogen and oxygen atoms in total. The first-order valence-corrected chi connectivity index (χ1v) is 6.22. The van der Waals surface area contributed by atoms with Crippen molar-refractivity contribution in [1.82, 2.24) is 0 Å². The van der Waals surface area contributed by atoms with Crippen molar-refractivity contribution in [3.05, 3.63) is 27.8 Å². The smallest absolute Gasteiger partial charge is 0.324 e. The Morgan fingerprint density at radius 2 is 1.74 bits per heavy atom. The number of methoxy groups -OCH3 is 3. The average Bonchev–Trinajstić information content (AvgIpc) is 2.57. The predicted molar refractivity (Wildman–Crippen MR) is 75.7 cm³/mol. The first-order chi connectivity index (χ1) is 10.9. The maximum atomic E-state index is 11.7. The van der Waals surface area contributed by atoms with Crippen LogP contribution in [0, 0.1) is 38.7 Å². The molecule has 0 aliphatic rings. The largest absolute Gasteiger partial charge is 0.493 e. The summed E-state index contributed by atoms with van der Waals surface area (Å²) in [5.41, 5.74) is -0.592. The molecule has 0 radical (unpaired) electrons. The number of ether oxygens (including phenoxy) is 3. The Bertz CT molecular complexity index is 704. The minimum absolute atomic E-state index is 0.0891. The molecule has 0 aliphatic heterocycles. The van der Waals surface area contributed by atoms with Crippen LogP contribution in [0.15, 0.2) is 12.1 Å². The van der Waals surface area contributed by atoms with Crippen LogP contribution in [-0.2, 0) is 9.53 Å². The molecule has 0 heterocycles. The van der Waals surface area contributed by atoms with Gasteiger partial charge in [0.15, 0.2) is 17.4 Å². The van der Waals surface area contributed by atoms with Crippen LogP contribution in [-0.4, -0.2) is 32.2 Å². The maximum absolute atomic E-state index is 11.7. The lowest BCUT2D eigenvalue weighted by Crippen LogP contribution is -2.22. The monoisotopic (exact) mass is 319 g/mol. The van der Waals surface area contributed by atoms with Crippen molar-refractivity contribution in [2.75, 3.05) is 21.3 Å². The number of nitro benzene ring substituents is 1. The van der Waals surface area contributed by atoms with Gasteiger partial charge in [0.2, 0.25) is 0 Å². The Balaban J connectivity index is 3.60. The highest BCUT2D eigenvalue weighted by Crippen LogP contribution is 2.40. The topological polar surface area (TPSA) is 135 Å². The number of nitriles is 2. The number of carbonyl (C=O) groups excluding carboxylic acids is 1. The van der Waals surface area contributed by atoms with Crippen LogP contribution in [0.25, 0.3) is 0 Å². The SMILES string of the molecule is COC(=O)[C@@H](C#N)[C@H](C#N)c1cc(OC)c(OC)cc1[N+](=O)[O-]. The fourth-order valence-electron chi connectivity index (χ4n) is 2.01. The molecule has 0 saturated heterocycles. The molecule has 0 bridgehead atoms. The second-order valence-electron chi connectivity index (χ2n) is 4.26. The summed E-state index contributed by atoms with van der Waals surface area (Å²) >= 11 is 0. The average molecular weight is 319 g/mol. The van der Waals surface area contributed by atoms with Crippen LogP contribution in [0.2, 0.25) is 0 Å². The van der Waals surface area contributed by atoms with Gasteiger partial charge in [-0.15, -0.1) is 0 Å². The van der Waals surface area contributed by atoms with Gasteiger partial charge in [-0.1, -0.05) is 0 Å².